The first kappa shape index (κ1) is 6.09. The molecule has 1 nitrogen and oxygen atoms in total. The van der Waals surface area contributed by atoms with E-state index < -0.39 is 0 Å². The van der Waals surface area contributed by atoms with Crippen LogP contribution in [0, 0.1) is 6.92 Å². The van der Waals surface area contributed by atoms with Crippen LogP contribution in [0.25, 0.3) is 0 Å². The van der Waals surface area contributed by atoms with Crippen LogP contribution in [0.3, 0.4) is 0 Å². The Bertz CT molecular complexity index is 76.9. The monoisotopic (exact) mass is 113 g/mol. The second-order valence-electron chi connectivity index (χ2n) is 3.08. The van der Waals surface area contributed by atoms with Crippen molar-refractivity contribution in [3.05, 3.63) is 6.92 Å². The van der Waals surface area contributed by atoms with Crippen molar-refractivity contribution < 1.29 is 4.74 Å². The van der Waals surface area contributed by atoms with Gasteiger partial charge in [0.25, 0.3) is 0 Å². The lowest BCUT2D eigenvalue weighted by Crippen LogP contribution is -2.20. The van der Waals surface area contributed by atoms with Crippen molar-refractivity contribution in [3.8, 4) is 0 Å². The number of rotatable bonds is 2. The maximum Gasteiger partial charge on any atom is 0.0631 e. The average molecular weight is 113 g/mol. The molecule has 0 amide bonds. The van der Waals surface area contributed by atoms with E-state index in [2.05, 4.69) is 6.92 Å². The van der Waals surface area contributed by atoms with Crippen LogP contribution in [-0.4, -0.2) is 11.7 Å². The SMILES string of the molecule is [CH2]C(C)(C)OC1CC1. The summed E-state index contributed by atoms with van der Waals surface area (Å²) in [6.45, 7) is 7.81. The highest BCUT2D eigenvalue weighted by molar-refractivity contribution is 4.80. The fraction of sp³-hybridized carbons (Fsp3) is 0.857. The molecule has 0 unspecified atom stereocenters. The lowest BCUT2D eigenvalue weighted by molar-refractivity contribution is 0.00465. The summed E-state index contributed by atoms with van der Waals surface area (Å²) in [6, 6.07) is 0. The molecule has 47 valence electrons. The molecule has 1 fully saturated rings. The van der Waals surface area contributed by atoms with Gasteiger partial charge >= 0.3 is 0 Å². The summed E-state index contributed by atoms with van der Waals surface area (Å²) in [5, 5.41) is 0. The molecule has 0 aromatic heterocycles. The van der Waals surface area contributed by atoms with Crippen LogP contribution in [0.1, 0.15) is 26.7 Å². The average Bonchev–Trinajstić information content (AvgIpc) is 2.12. The van der Waals surface area contributed by atoms with Gasteiger partial charge in [-0.25, -0.2) is 0 Å². The van der Waals surface area contributed by atoms with Crippen molar-refractivity contribution in [2.24, 2.45) is 0 Å². The minimum Gasteiger partial charge on any atom is -0.372 e. The van der Waals surface area contributed by atoms with Crippen LogP contribution in [0.5, 0.6) is 0 Å². The standard InChI is InChI=1S/C7H13O/c1-7(2,3)8-6-4-5-6/h6H,1,4-5H2,2-3H3. The minimum absolute atomic E-state index is 0.166. The molecule has 0 aromatic rings. The lowest BCUT2D eigenvalue weighted by atomic mass is 10.2. The molecule has 0 heterocycles. The Morgan fingerprint density at radius 2 is 2.00 bits per heavy atom. The smallest absolute Gasteiger partial charge is 0.0631 e. The Kier molecular flexibility index (Phi) is 1.31. The number of hydrogen-bond donors (Lipinski definition) is 0. The summed E-state index contributed by atoms with van der Waals surface area (Å²) >= 11 is 0. The first-order chi connectivity index (χ1) is 3.58. The number of hydrogen-bond acceptors (Lipinski definition) is 1. The second kappa shape index (κ2) is 1.73. The van der Waals surface area contributed by atoms with Crippen LogP contribution in [0.4, 0.5) is 0 Å². The summed E-state index contributed by atoms with van der Waals surface area (Å²) in [7, 11) is 0. The van der Waals surface area contributed by atoms with Gasteiger partial charge < -0.3 is 4.74 Å². The quantitative estimate of drug-likeness (QED) is 0.530. The molecule has 0 spiro atoms. The van der Waals surface area contributed by atoms with E-state index in [-0.39, 0.29) is 5.60 Å². The predicted molar refractivity (Wildman–Crippen MR) is 33.5 cm³/mol. The molecule has 0 bridgehead atoms. The highest BCUT2D eigenvalue weighted by Gasteiger charge is 2.27. The maximum absolute atomic E-state index is 5.44. The van der Waals surface area contributed by atoms with Crippen molar-refractivity contribution >= 4 is 0 Å². The third-order valence-electron chi connectivity index (χ3n) is 1.01. The highest BCUT2D eigenvalue weighted by atomic mass is 16.5. The van der Waals surface area contributed by atoms with Gasteiger partial charge in [0.15, 0.2) is 0 Å². The molecule has 1 heteroatoms. The van der Waals surface area contributed by atoms with Gasteiger partial charge in [0.05, 0.1) is 11.7 Å². The zero-order valence-corrected chi connectivity index (χ0v) is 5.61. The Labute approximate surface area is 51.0 Å². The molecule has 0 saturated heterocycles. The summed E-state index contributed by atoms with van der Waals surface area (Å²) in [5.74, 6) is 0. The van der Waals surface area contributed by atoms with Gasteiger partial charge in [-0.15, -0.1) is 0 Å². The Morgan fingerprint density at radius 1 is 1.50 bits per heavy atom. The first-order valence-electron chi connectivity index (χ1n) is 3.11. The molecule has 1 radical (unpaired) electrons. The first-order valence-corrected chi connectivity index (χ1v) is 3.11. The minimum atomic E-state index is -0.166. The molecule has 1 aliphatic carbocycles. The number of ether oxygens (including phenoxy) is 1. The third-order valence-corrected chi connectivity index (χ3v) is 1.01. The van der Waals surface area contributed by atoms with E-state index in [1.165, 1.54) is 12.8 Å². The van der Waals surface area contributed by atoms with Gasteiger partial charge in [-0.05, 0) is 33.6 Å². The van der Waals surface area contributed by atoms with Gasteiger partial charge in [0.1, 0.15) is 0 Å². The van der Waals surface area contributed by atoms with E-state index in [1.54, 1.807) is 0 Å². The molecular weight excluding hydrogens is 100 g/mol. The van der Waals surface area contributed by atoms with Crippen LogP contribution in [0.2, 0.25) is 0 Å². The van der Waals surface area contributed by atoms with Gasteiger partial charge in [0.2, 0.25) is 0 Å². The summed E-state index contributed by atoms with van der Waals surface area (Å²) in [6.07, 6.45) is 3.00. The molecule has 1 saturated carbocycles. The van der Waals surface area contributed by atoms with Crippen molar-refractivity contribution in [2.75, 3.05) is 0 Å². The van der Waals surface area contributed by atoms with Gasteiger partial charge in [-0.1, -0.05) is 0 Å². The van der Waals surface area contributed by atoms with Crippen molar-refractivity contribution in [2.45, 2.75) is 38.4 Å². The molecule has 0 aliphatic heterocycles. The van der Waals surface area contributed by atoms with Gasteiger partial charge in [-0.3, -0.25) is 0 Å². The molecule has 0 atom stereocenters. The van der Waals surface area contributed by atoms with Crippen LogP contribution in [0.15, 0.2) is 0 Å². The molecule has 1 aliphatic rings. The van der Waals surface area contributed by atoms with Gasteiger partial charge in [0, 0.05) is 0 Å². The Hall–Kier alpha value is -0.0400. The van der Waals surface area contributed by atoms with E-state index in [1.807, 2.05) is 13.8 Å². The topological polar surface area (TPSA) is 9.23 Å². The summed E-state index contributed by atoms with van der Waals surface area (Å²) < 4.78 is 5.44. The normalized spacial score (nSPS) is 21.4. The zero-order valence-electron chi connectivity index (χ0n) is 5.61. The van der Waals surface area contributed by atoms with E-state index in [4.69, 9.17) is 4.74 Å². The molecule has 0 aromatic carbocycles. The second-order valence-corrected chi connectivity index (χ2v) is 3.08. The van der Waals surface area contributed by atoms with Gasteiger partial charge in [-0.2, -0.15) is 0 Å². The summed E-state index contributed by atoms with van der Waals surface area (Å²) in [4.78, 5) is 0. The van der Waals surface area contributed by atoms with E-state index >= 15 is 0 Å². The Morgan fingerprint density at radius 3 is 2.12 bits per heavy atom. The van der Waals surface area contributed by atoms with E-state index in [0.29, 0.717) is 6.10 Å². The molecular formula is C7H13O. The largest absolute Gasteiger partial charge is 0.372 e. The fourth-order valence-electron chi connectivity index (χ4n) is 0.637. The molecule has 8 heavy (non-hydrogen) atoms. The van der Waals surface area contributed by atoms with Crippen molar-refractivity contribution in [1.29, 1.82) is 0 Å². The highest BCUT2D eigenvalue weighted by Crippen LogP contribution is 2.28. The van der Waals surface area contributed by atoms with Crippen molar-refractivity contribution in [3.63, 3.8) is 0 Å². The lowest BCUT2D eigenvalue weighted by Gasteiger charge is -2.18. The predicted octanol–water partition coefficient (Wildman–Crippen LogP) is 1.78. The zero-order chi connectivity index (χ0) is 6.20. The van der Waals surface area contributed by atoms with Crippen LogP contribution in [-0.2, 0) is 4.74 Å². The molecule has 0 N–H and O–H groups in total. The molecule has 1 rings (SSSR count). The third kappa shape index (κ3) is 2.31. The van der Waals surface area contributed by atoms with Crippen LogP contribution < -0.4 is 0 Å². The van der Waals surface area contributed by atoms with Crippen LogP contribution >= 0.6 is 0 Å². The summed E-state index contributed by atoms with van der Waals surface area (Å²) in [5.41, 5.74) is -0.166. The maximum atomic E-state index is 5.44. The van der Waals surface area contributed by atoms with Crippen molar-refractivity contribution in [1.82, 2.24) is 0 Å². The van der Waals surface area contributed by atoms with E-state index in [9.17, 15) is 0 Å². The fourth-order valence-corrected chi connectivity index (χ4v) is 0.637. The Balaban J connectivity index is 2.16. The van der Waals surface area contributed by atoms with E-state index in [0.717, 1.165) is 0 Å².